The van der Waals surface area contributed by atoms with Crippen LogP contribution in [0.2, 0.25) is 0 Å². The third-order valence-electron chi connectivity index (χ3n) is 4.36. The van der Waals surface area contributed by atoms with Crippen LogP contribution in [0.15, 0.2) is 22.7 Å². The SMILES string of the molecule is NC(Cc1ccc(F)cc1Br)C1CC2CC2C1. The Morgan fingerprint density at radius 2 is 2.00 bits per heavy atom. The molecule has 3 atom stereocenters. The molecule has 1 aromatic rings. The van der Waals surface area contributed by atoms with Crippen molar-refractivity contribution in [3.8, 4) is 0 Å². The van der Waals surface area contributed by atoms with Crippen molar-refractivity contribution in [3.05, 3.63) is 34.1 Å². The average molecular weight is 298 g/mol. The molecule has 3 rings (SSSR count). The summed E-state index contributed by atoms with van der Waals surface area (Å²) in [6, 6.07) is 5.10. The number of benzene rings is 1. The van der Waals surface area contributed by atoms with E-state index in [0.717, 1.165) is 28.3 Å². The normalized spacial score (nSPS) is 32.3. The summed E-state index contributed by atoms with van der Waals surface area (Å²) in [4.78, 5) is 0. The fourth-order valence-electron chi connectivity index (χ4n) is 3.22. The predicted octanol–water partition coefficient (Wildman–Crippen LogP) is 3.50. The van der Waals surface area contributed by atoms with Gasteiger partial charge in [-0.25, -0.2) is 4.39 Å². The molecular formula is C14H17BrFN. The molecule has 1 aromatic carbocycles. The highest BCUT2D eigenvalue weighted by atomic mass is 79.9. The zero-order chi connectivity index (χ0) is 12.0. The van der Waals surface area contributed by atoms with Crippen LogP contribution in [0.1, 0.15) is 24.8 Å². The summed E-state index contributed by atoms with van der Waals surface area (Å²) in [5.74, 6) is 2.43. The van der Waals surface area contributed by atoms with Gasteiger partial charge in [-0.1, -0.05) is 22.0 Å². The molecule has 2 saturated carbocycles. The molecule has 0 radical (unpaired) electrons. The third-order valence-corrected chi connectivity index (χ3v) is 5.09. The summed E-state index contributed by atoms with van der Waals surface area (Å²) in [5.41, 5.74) is 7.41. The fourth-order valence-corrected chi connectivity index (χ4v) is 3.73. The topological polar surface area (TPSA) is 26.0 Å². The molecule has 0 aromatic heterocycles. The van der Waals surface area contributed by atoms with Gasteiger partial charge in [0, 0.05) is 10.5 Å². The van der Waals surface area contributed by atoms with Crippen molar-refractivity contribution >= 4 is 15.9 Å². The first-order valence-corrected chi connectivity index (χ1v) is 7.12. The Morgan fingerprint density at radius 1 is 1.29 bits per heavy atom. The highest BCUT2D eigenvalue weighted by molar-refractivity contribution is 9.10. The van der Waals surface area contributed by atoms with Crippen molar-refractivity contribution in [2.24, 2.45) is 23.5 Å². The lowest BCUT2D eigenvalue weighted by Gasteiger charge is -2.21. The second-order valence-corrected chi connectivity index (χ2v) is 6.45. The van der Waals surface area contributed by atoms with Crippen molar-refractivity contribution in [1.82, 2.24) is 0 Å². The molecule has 3 unspecified atom stereocenters. The van der Waals surface area contributed by atoms with E-state index in [0.29, 0.717) is 5.92 Å². The molecule has 0 spiro atoms. The van der Waals surface area contributed by atoms with Crippen LogP contribution in [0.25, 0.3) is 0 Å². The van der Waals surface area contributed by atoms with Gasteiger partial charge in [-0.3, -0.25) is 0 Å². The number of hydrogen-bond donors (Lipinski definition) is 1. The van der Waals surface area contributed by atoms with E-state index in [4.69, 9.17) is 5.73 Å². The lowest BCUT2D eigenvalue weighted by molar-refractivity contribution is 0.392. The van der Waals surface area contributed by atoms with Gasteiger partial charge in [0.05, 0.1) is 0 Å². The molecule has 2 aliphatic carbocycles. The van der Waals surface area contributed by atoms with Crippen molar-refractivity contribution in [1.29, 1.82) is 0 Å². The van der Waals surface area contributed by atoms with Gasteiger partial charge in [0.2, 0.25) is 0 Å². The number of nitrogens with two attached hydrogens (primary N) is 1. The molecular weight excluding hydrogens is 281 g/mol. The van der Waals surface area contributed by atoms with Crippen LogP contribution in [-0.4, -0.2) is 6.04 Å². The molecule has 1 nitrogen and oxygen atoms in total. The first-order chi connectivity index (χ1) is 8.13. The van der Waals surface area contributed by atoms with Crippen molar-refractivity contribution in [3.63, 3.8) is 0 Å². The maximum absolute atomic E-state index is 13.0. The Labute approximate surface area is 110 Å². The third kappa shape index (κ3) is 2.41. The van der Waals surface area contributed by atoms with Gasteiger partial charge in [-0.2, -0.15) is 0 Å². The molecule has 0 aliphatic heterocycles. The summed E-state index contributed by atoms with van der Waals surface area (Å²) in [7, 11) is 0. The highest BCUT2D eigenvalue weighted by Crippen LogP contribution is 2.55. The second kappa shape index (κ2) is 4.36. The van der Waals surface area contributed by atoms with E-state index < -0.39 is 0 Å². The maximum atomic E-state index is 13.0. The van der Waals surface area contributed by atoms with Crippen LogP contribution in [-0.2, 0) is 6.42 Å². The maximum Gasteiger partial charge on any atom is 0.124 e. The molecule has 17 heavy (non-hydrogen) atoms. The van der Waals surface area contributed by atoms with Crippen LogP contribution in [0.3, 0.4) is 0 Å². The first kappa shape index (κ1) is 11.7. The van der Waals surface area contributed by atoms with E-state index in [-0.39, 0.29) is 11.9 Å². The molecule has 0 amide bonds. The Morgan fingerprint density at radius 3 is 2.65 bits per heavy atom. The van der Waals surface area contributed by atoms with E-state index in [1.807, 2.05) is 6.07 Å². The van der Waals surface area contributed by atoms with E-state index in [1.165, 1.54) is 31.4 Å². The van der Waals surface area contributed by atoms with Gasteiger partial charge < -0.3 is 5.73 Å². The van der Waals surface area contributed by atoms with Gasteiger partial charge in [-0.15, -0.1) is 0 Å². The van der Waals surface area contributed by atoms with E-state index in [1.54, 1.807) is 0 Å². The van der Waals surface area contributed by atoms with Crippen LogP contribution < -0.4 is 5.73 Å². The second-order valence-electron chi connectivity index (χ2n) is 5.59. The summed E-state index contributed by atoms with van der Waals surface area (Å²) in [5, 5.41) is 0. The fraction of sp³-hybridized carbons (Fsp3) is 0.571. The molecule has 0 saturated heterocycles. The van der Waals surface area contributed by atoms with Crippen LogP contribution in [0.4, 0.5) is 4.39 Å². The Kier molecular flexibility index (Phi) is 2.99. The zero-order valence-corrected chi connectivity index (χ0v) is 11.3. The number of rotatable bonds is 3. The average Bonchev–Trinajstić information content (AvgIpc) is 2.89. The van der Waals surface area contributed by atoms with E-state index in [9.17, 15) is 4.39 Å². The molecule has 3 heteroatoms. The lowest BCUT2D eigenvalue weighted by atomic mass is 9.90. The summed E-state index contributed by atoms with van der Waals surface area (Å²) >= 11 is 3.41. The van der Waals surface area contributed by atoms with E-state index >= 15 is 0 Å². The summed E-state index contributed by atoms with van der Waals surface area (Å²) in [6.07, 6.45) is 4.91. The van der Waals surface area contributed by atoms with E-state index in [2.05, 4.69) is 15.9 Å². The molecule has 2 fully saturated rings. The highest BCUT2D eigenvalue weighted by Gasteiger charge is 2.47. The van der Waals surface area contributed by atoms with Gasteiger partial charge in [0.1, 0.15) is 5.82 Å². The Hall–Kier alpha value is -0.410. The number of hydrogen-bond acceptors (Lipinski definition) is 1. The number of fused-ring (bicyclic) bond motifs is 1. The van der Waals surface area contributed by atoms with Crippen LogP contribution >= 0.6 is 15.9 Å². The zero-order valence-electron chi connectivity index (χ0n) is 9.70. The summed E-state index contributed by atoms with van der Waals surface area (Å²) in [6.45, 7) is 0. The predicted molar refractivity (Wildman–Crippen MR) is 70.1 cm³/mol. The standard InChI is InChI=1S/C14H17BrFN/c15-13-7-12(16)2-1-8(13)6-14(17)11-4-9-3-10(9)5-11/h1-2,7,9-11,14H,3-6,17H2. The first-order valence-electron chi connectivity index (χ1n) is 6.33. The number of halogens is 2. The summed E-state index contributed by atoms with van der Waals surface area (Å²) < 4.78 is 13.8. The van der Waals surface area contributed by atoms with Crippen LogP contribution in [0.5, 0.6) is 0 Å². The molecule has 0 heterocycles. The van der Waals surface area contributed by atoms with Gasteiger partial charge in [-0.05, 0) is 61.1 Å². The molecule has 92 valence electrons. The Balaban J connectivity index is 1.65. The Bertz CT molecular complexity index is 424. The van der Waals surface area contributed by atoms with Crippen molar-refractivity contribution in [2.45, 2.75) is 31.7 Å². The molecule has 2 N–H and O–H groups in total. The molecule has 0 bridgehead atoms. The minimum Gasteiger partial charge on any atom is -0.327 e. The van der Waals surface area contributed by atoms with Crippen molar-refractivity contribution < 1.29 is 4.39 Å². The minimum absolute atomic E-state index is 0.198. The molecule has 2 aliphatic rings. The minimum atomic E-state index is -0.198. The monoisotopic (exact) mass is 297 g/mol. The smallest absolute Gasteiger partial charge is 0.124 e. The largest absolute Gasteiger partial charge is 0.327 e. The van der Waals surface area contributed by atoms with Crippen molar-refractivity contribution in [2.75, 3.05) is 0 Å². The van der Waals surface area contributed by atoms with Gasteiger partial charge >= 0.3 is 0 Å². The van der Waals surface area contributed by atoms with Crippen LogP contribution in [0, 0.1) is 23.6 Å². The lowest BCUT2D eigenvalue weighted by Crippen LogP contribution is -2.31. The van der Waals surface area contributed by atoms with Gasteiger partial charge in [0.15, 0.2) is 0 Å². The van der Waals surface area contributed by atoms with Gasteiger partial charge in [0.25, 0.3) is 0 Å². The quantitative estimate of drug-likeness (QED) is 0.908.